The van der Waals surface area contributed by atoms with Crippen LogP contribution in [0.4, 0.5) is 14.5 Å². The van der Waals surface area contributed by atoms with Crippen LogP contribution in [-0.4, -0.2) is 21.3 Å². The van der Waals surface area contributed by atoms with Crippen molar-refractivity contribution in [2.75, 3.05) is 12.3 Å². The third kappa shape index (κ3) is 4.72. The van der Waals surface area contributed by atoms with Crippen LogP contribution in [0.1, 0.15) is 36.8 Å². The fourth-order valence-electron chi connectivity index (χ4n) is 2.94. The summed E-state index contributed by atoms with van der Waals surface area (Å²) in [6, 6.07) is 11.0. The molecule has 148 valence electrons. The van der Waals surface area contributed by atoms with Gasteiger partial charge in [0.25, 0.3) is 0 Å². The van der Waals surface area contributed by atoms with Gasteiger partial charge in [0.1, 0.15) is 22.5 Å². The molecule has 2 aromatic carbocycles. The van der Waals surface area contributed by atoms with Crippen molar-refractivity contribution in [3.05, 3.63) is 71.2 Å². The number of hydrogen-bond donors (Lipinski definition) is 2. The SMILES string of the molecule is CC(C)c1nc(CCO)n(Cc2ccc(N)cc2)c1Sc1cc(F)cc(F)c1. The van der Waals surface area contributed by atoms with Gasteiger partial charge < -0.3 is 15.4 Å². The number of anilines is 1. The molecule has 28 heavy (non-hydrogen) atoms. The summed E-state index contributed by atoms with van der Waals surface area (Å²) in [7, 11) is 0. The second-order valence-electron chi connectivity index (χ2n) is 6.88. The molecule has 1 heterocycles. The molecule has 0 aliphatic rings. The van der Waals surface area contributed by atoms with Crippen LogP contribution in [0.2, 0.25) is 0 Å². The number of nitrogen functional groups attached to an aromatic ring is 1. The first kappa shape index (κ1) is 20.4. The Morgan fingerprint density at radius 3 is 2.32 bits per heavy atom. The van der Waals surface area contributed by atoms with E-state index in [0.29, 0.717) is 23.5 Å². The van der Waals surface area contributed by atoms with Gasteiger partial charge in [-0.15, -0.1) is 0 Å². The highest BCUT2D eigenvalue weighted by Crippen LogP contribution is 2.36. The topological polar surface area (TPSA) is 64.1 Å². The van der Waals surface area contributed by atoms with E-state index in [4.69, 9.17) is 10.7 Å². The highest BCUT2D eigenvalue weighted by atomic mass is 32.2. The Morgan fingerprint density at radius 1 is 1.11 bits per heavy atom. The second-order valence-corrected chi connectivity index (χ2v) is 7.94. The number of aromatic nitrogens is 2. The Hall–Kier alpha value is -2.38. The number of aliphatic hydroxyl groups is 1. The van der Waals surface area contributed by atoms with Gasteiger partial charge in [-0.25, -0.2) is 13.8 Å². The Morgan fingerprint density at radius 2 is 1.75 bits per heavy atom. The second kappa shape index (κ2) is 8.75. The Bertz CT molecular complexity index is 935. The first-order valence-electron chi connectivity index (χ1n) is 9.06. The molecule has 0 saturated carbocycles. The van der Waals surface area contributed by atoms with E-state index in [-0.39, 0.29) is 12.5 Å². The zero-order valence-electron chi connectivity index (χ0n) is 15.8. The van der Waals surface area contributed by atoms with E-state index in [1.54, 1.807) is 0 Å². The van der Waals surface area contributed by atoms with E-state index in [2.05, 4.69) is 0 Å². The lowest BCUT2D eigenvalue weighted by molar-refractivity contribution is 0.294. The lowest BCUT2D eigenvalue weighted by atomic mass is 10.1. The summed E-state index contributed by atoms with van der Waals surface area (Å²) in [5.74, 6) is -0.379. The predicted octanol–water partition coefficient (Wildman–Crippen LogP) is 4.60. The fraction of sp³-hybridized carbons (Fsp3) is 0.286. The minimum atomic E-state index is -0.617. The van der Waals surface area contributed by atoms with Crippen molar-refractivity contribution in [2.24, 2.45) is 0 Å². The molecule has 7 heteroatoms. The van der Waals surface area contributed by atoms with Crippen LogP contribution in [0.15, 0.2) is 52.4 Å². The molecule has 0 aliphatic carbocycles. The van der Waals surface area contributed by atoms with E-state index in [9.17, 15) is 13.9 Å². The van der Waals surface area contributed by atoms with Crippen LogP contribution >= 0.6 is 11.8 Å². The molecular formula is C21H23F2N3OS. The van der Waals surface area contributed by atoms with Crippen molar-refractivity contribution < 1.29 is 13.9 Å². The summed E-state index contributed by atoms with van der Waals surface area (Å²) in [6.07, 6.45) is 0.396. The molecule has 0 radical (unpaired) electrons. The molecular weight excluding hydrogens is 380 g/mol. The number of hydrogen-bond acceptors (Lipinski definition) is 4. The van der Waals surface area contributed by atoms with Gasteiger partial charge in [-0.2, -0.15) is 0 Å². The molecule has 3 aromatic rings. The summed E-state index contributed by atoms with van der Waals surface area (Å²) < 4.78 is 29.4. The van der Waals surface area contributed by atoms with Crippen molar-refractivity contribution in [1.29, 1.82) is 0 Å². The Labute approximate surface area is 167 Å². The molecule has 0 amide bonds. The lowest BCUT2D eigenvalue weighted by Crippen LogP contribution is -2.08. The van der Waals surface area contributed by atoms with Crippen LogP contribution < -0.4 is 5.73 Å². The van der Waals surface area contributed by atoms with Crippen molar-refractivity contribution in [2.45, 2.75) is 42.7 Å². The first-order chi connectivity index (χ1) is 13.4. The maximum Gasteiger partial charge on any atom is 0.127 e. The van der Waals surface area contributed by atoms with Gasteiger partial charge in [0.15, 0.2) is 0 Å². The van der Waals surface area contributed by atoms with E-state index < -0.39 is 11.6 Å². The molecule has 1 aromatic heterocycles. The monoisotopic (exact) mass is 403 g/mol. The minimum Gasteiger partial charge on any atom is -0.399 e. The average molecular weight is 403 g/mol. The van der Waals surface area contributed by atoms with Crippen molar-refractivity contribution in [3.63, 3.8) is 0 Å². The van der Waals surface area contributed by atoms with E-state index in [1.807, 2.05) is 42.7 Å². The average Bonchev–Trinajstić information content (AvgIpc) is 2.94. The molecule has 0 unspecified atom stereocenters. The molecule has 0 fully saturated rings. The van der Waals surface area contributed by atoms with Crippen LogP contribution in [0.3, 0.4) is 0 Å². The Balaban J connectivity index is 2.07. The Kier molecular flexibility index (Phi) is 6.36. The van der Waals surface area contributed by atoms with Crippen LogP contribution in [0.5, 0.6) is 0 Å². The zero-order chi connectivity index (χ0) is 20.3. The minimum absolute atomic E-state index is 0.0328. The van der Waals surface area contributed by atoms with E-state index in [0.717, 1.165) is 28.2 Å². The van der Waals surface area contributed by atoms with Gasteiger partial charge in [0.05, 0.1) is 12.3 Å². The van der Waals surface area contributed by atoms with Gasteiger partial charge in [0, 0.05) is 29.6 Å². The fourth-order valence-corrected chi connectivity index (χ4v) is 4.18. The zero-order valence-corrected chi connectivity index (χ0v) is 16.6. The summed E-state index contributed by atoms with van der Waals surface area (Å²) >= 11 is 1.28. The molecule has 0 bridgehead atoms. The van der Waals surface area contributed by atoms with E-state index >= 15 is 0 Å². The summed E-state index contributed by atoms with van der Waals surface area (Å²) in [4.78, 5) is 5.19. The quantitative estimate of drug-likeness (QED) is 0.566. The molecule has 4 nitrogen and oxygen atoms in total. The molecule has 3 N–H and O–H groups in total. The first-order valence-corrected chi connectivity index (χ1v) is 9.87. The van der Waals surface area contributed by atoms with Crippen LogP contribution in [-0.2, 0) is 13.0 Å². The van der Waals surface area contributed by atoms with Gasteiger partial charge in [-0.05, 0) is 35.7 Å². The molecule has 0 atom stereocenters. The van der Waals surface area contributed by atoms with Gasteiger partial charge >= 0.3 is 0 Å². The molecule has 0 spiro atoms. The number of aliphatic hydroxyl groups excluding tert-OH is 1. The van der Waals surface area contributed by atoms with Crippen molar-refractivity contribution in [1.82, 2.24) is 9.55 Å². The third-order valence-corrected chi connectivity index (χ3v) is 5.37. The molecule has 3 rings (SSSR count). The van der Waals surface area contributed by atoms with Crippen LogP contribution in [0.25, 0.3) is 0 Å². The van der Waals surface area contributed by atoms with Crippen LogP contribution in [0, 0.1) is 11.6 Å². The normalized spacial score (nSPS) is 11.4. The maximum absolute atomic E-state index is 13.7. The van der Waals surface area contributed by atoms with Crippen molar-refractivity contribution in [3.8, 4) is 0 Å². The van der Waals surface area contributed by atoms with Crippen molar-refractivity contribution >= 4 is 17.4 Å². The standard InChI is InChI=1S/C21H23F2N3OS/c1-13(2)20-21(28-18-10-15(22)9-16(23)11-18)26(19(25-20)7-8-27)12-14-3-5-17(24)6-4-14/h3-6,9-11,13,27H,7-8,12,24H2,1-2H3. The van der Waals surface area contributed by atoms with Gasteiger partial charge in [-0.3, -0.25) is 0 Å². The highest BCUT2D eigenvalue weighted by Gasteiger charge is 2.21. The number of nitrogens with two attached hydrogens (primary N) is 1. The van der Waals surface area contributed by atoms with E-state index in [1.165, 1.54) is 23.9 Å². The lowest BCUT2D eigenvalue weighted by Gasteiger charge is -2.14. The number of halogens is 2. The number of nitrogens with zero attached hydrogens (tertiary/aromatic N) is 2. The highest BCUT2D eigenvalue weighted by molar-refractivity contribution is 7.99. The number of rotatable bonds is 7. The maximum atomic E-state index is 13.7. The summed E-state index contributed by atoms with van der Waals surface area (Å²) in [5.41, 5.74) is 8.32. The molecule has 0 aliphatic heterocycles. The summed E-state index contributed by atoms with van der Waals surface area (Å²) in [5, 5.41) is 10.3. The summed E-state index contributed by atoms with van der Waals surface area (Å²) in [6.45, 7) is 4.54. The number of imidazole rings is 1. The largest absolute Gasteiger partial charge is 0.399 e. The van der Waals surface area contributed by atoms with Gasteiger partial charge in [-0.1, -0.05) is 37.7 Å². The third-order valence-electron chi connectivity index (χ3n) is 4.28. The smallest absolute Gasteiger partial charge is 0.127 e. The number of benzene rings is 2. The van der Waals surface area contributed by atoms with Gasteiger partial charge in [0.2, 0.25) is 0 Å². The predicted molar refractivity (Wildman–Crippen MR) is 108 cm³/mol. The molecule has 0 saturated heterocycles.